The van der Waals surface area contributed by atoms with Crippen LogP contribution in [0, 0.1) is 5.92 Å². The molecule has 0 aliphatic carbocycles. The normalized spacial score (nSPS) is 15.4. The molecule has 0 saturated carbocycles. The minimum atomic E-state index is 0.0581. The predicted octanol–water partition coefficient (Wildman–Crippen LogP) is 3.12. The number of fused-ring (bicyclic) bond motifs is 1. The lowest BCUT2D eigenvalue weighted by Crippen LogP contribution is -2.39. The van der Waals surface area contributed by atoms with Gasteiger partial charge in [0.05, 0.1) is 23.5 Å². The number of likely N-dealkylation sites (tertiary alicyclic amines) is 1. The first-order chi connectivity index (χ1) is 12.3. The van der Waals surface area contributed by atoms with Gasteiger partial charge in [-0.15, -0.1) is 0 Å². The van der Waals surface area contributed by atoms with Crippen LogP contribution < -0.4 is 0 Å². The number of piperidine rings is 1. The third kappa shape index (κ3) is 3.36. The van der Waals surface area contributed by atoms with Crippen LogP contribution in [0.15, 0.2) is 55.0 Å². The molecule has 2 aromatic heterocycles. The maximum atomic E-state index is 12.5. The number of carbonyl (C=O) groups excluding carboxylic acids is 1. The van der Waals surface area contributed by atoms with Crippen molar-refractivity contribution in [2.45, 2.75) is 19.3 Å². The van der Waals surface area contributed by atoms with Crippen molar-refractivity contribution in [3.8, 4) is 0 Å². The molecule has 3 heterocycles. The van der Waals surface area contributed by atoms with Gasteiger partial charge in [0.1, 0.15) is 0 Å². The van der Waals surface area contributed by atoms with E-state index in [9.17, 15) is 4.79 Å². The molecule has 0 radical (unpaired) electrons. The molecule has 1 aromatic carbocycles. The Bertz CT molecular complexity index is 868. The molecule has 1 aliphatic heterocycles. The summed E-state index contributed by atoms with van der Waals surface area (Å²) >= 11 is 0. The summed E-state index contributed by atoms with van der Waals surface area (Å²) in [5, 5.41) is 8.77. The van der Waals surface area contributed by atoms with Crippen molar-refractivity contribution in [3.05, 3.63) is 66.1 Å². The van der Waals surface area contributed by atoms with E-state index < -0.39 is 0 Å². The Hall–Kier alpha value is -2.82. The van der Waals surface area contributed by atoms with E-state index in [1.165, 1.54) is 17.1 Å². The quantitative estimate of drug-likeness (QED) is 0.739. The number of amides is 1. The maximum Gasteiger partial charge on any atom is 0.255 e. The Kier molecular flexibility index (Phi) is 4.37. The smallest absolute Gasteiger partial charge is 0.255 e. The second kappa shape index (κ2) is 6.97. The van der Waals surface area contributed by atoms with Crippen LogP contribution in [0.1, 0.15) is 28.8 Å². The van der Waals surface area contributed by atoms with E-state index in [1.54, 1.807) is 12.3 Å². The monoisotopic (exact) mass is 332 g/mol. The first-order valence-corrected chi connectivity index (χ1v) is 8.70. The molecular weight excluding hydrogens is 312 g/mol. The number of rotatable bonds is 3. The summed E-state index contributed by atoms with van der Waals surface area (Å²) in [4.78, 5) is 18.9. The summed E-state index contributed by atoms with van der Waals surface area (Å²) in [6, 6.07) is 12.2. The van der Waals surface area contributed by atoms with E-state index in [0.29, 0.717) is 11.5 Å². The van der Waals surface area contributed by atoms with Gasteiger partial charge in [-0.05, 0) is 48.9 Å². The van der Waals surface area contributed by atoms with Crippen LogP contribution in [0.5, 0.6) is 0 Å². The van der Waals surface area contributed by atoms with Gasteiger partial charge in [0.25, 0.3) is 5.91 Å². The Balaban J connectivity index is 1.41. The molecule has 0 atom stereocenters. The summed E-state index contributed by atoms with van der Waals surface area (Å²) in [5.41, 5.74) is 3.03. The molecule has 0 bridgehead atoms. The summed E-state index contributed by atoms with van der Waals surface area (Å²) in [6.45, 7) is 1.60. The molecule has 0 spiro atoms. The second-order valence-electron chi connectivity index (χ2n) is 6.56. The van der Waals surface area contributed by atoms with Crippen molar-refractivity contribution >= 4 is 16.8 Å². The van der Waals surface area contributed by atoms with Crippen LogP contribution in [-0.4, -0.2) is 39.1 Å². The first-order valence-electron chi connectivity index (χ1n) is 8.70. The minimum Gasteiger partial charge on any atom is -0.339 e. The molecule has 1 amide bonds. The molecule has 126 valence electrons. The highest BCUT2D eigenvalue weighted by Crippen LogP contribution is 2.26. The van der Waals surface area contributed by atoms with Crippen molar-refractivity contribution in [1.82, 2.24) is 20.1 Å². The largest absolute Gasteiger partial charge is 0.339 e. The number of benzene rings is 1. The van der Waals surface area contributed by atoms with Crippen molar-refractivity contribution in [3.63, 3.8) is 0 Å². The fraction of sp³-hybridized carbons (Fsp3) is 0.300. The molecule has 5 heteroatoms. The van der Waals surface area contributed by atoms with E-state index in [1.807, 2.05) is 17.2 Å². The Morgan fingerprint density at radius 3 is 2.72 bits per heavy atom. The fourth-order valence-electron chi connectivity index (χ4n) is 3.60. The lowest BCUT2D eigenvalue weighted by molar-refractivity contribution is 0.0690. The highest BCUT2D eigenvalue weighted by Gasteiger charge is 2.24. The molecule has 1 fully saturated rings. The Morgan fingerprint density at radius 2 is 1.92 bits per heavy atom. The van der Waals surface area contributed by atoms with Gasteiger partial charge in [0.2, 0.25) is 0 Å². The van der Waals surface area contributed by atoms with Crippen molar-refractivity contribution < 1.29 is 4.79 Å². The van der Waals surface area contributed by atoms with Crippen LogP contribution in [0.4, 0.5) is 0 Å². The van der Waals surface area contributed by atoms with Crippen LogP contribution in [0.2, 0.25) is 0 Å². The third-order valence-electron chi connectivity index (χ3n) is 4.98. The van der Waals surface area contributed by atoms with Gasteiger partial charge in [-0.25, -0.2) is 0 Å². The minimum absolute atomic E-state index is 0.0581. The van der Waals surface area contributed by atoms with Gasteiger partial charge >= 0.3 is 0 Å². The fourth-order valence-corrected chi connectivity index (χ4v) is 3.60. The van der Waals surface area contributed by atoms with Gasteiger partial charge in [-0.3, -0.25) is 9.78 Å². The summed E-state index contributed by atoms with van der Waals surface area (Å²) in [5.74, 6) is 0.660. The molecule has 1 saturated heterocycles. The van der Waals surface area contributed by atoms with Gasteiger partial charge < -0.3 is 4.90 Å². The van der Waals surface area contributed by atoms with Crippen molar-refractivity contribution in [2.75, 3.05) is 13.1 Å². The SMILES string of the molecule is O=C(c1ccnnc1)N1CCC(Cc2cccc3ncccc23)CC1. The number of pyridine rings is 1. The predicted molar refractivity (Wildman–Crippen MR) is 96.1 cm³/mol. The van der Waals surface area contributed by atoms with E-state index >= 15 is 0 Å². The average molecular weight is 332 g/mol. The van der Waals surface area contributed by atoms with Gasteiger partial charge in [0.15, 0.2) is 0 Å². The first kappa shape index (κ1) is 15.7. The van der Waals surface area contributed by atoms with Gasteiger partial charge in [0, 0.05) is 24.7 Å². The highest BCUT2D eigenvalue weighted by molar-refractivity contribution is 5.93. The zero-order chi connectivity index (χ0) is 17.1. The average Bonchev–Trinajstić information content (AvgIpc) is 2.69. The molecule has 25 heavy (non-hydrogen) atoms. The maximum absolute atomic E-state index is 12.5. The number of carbonyl (C=O) groups is 1. The van der Waals surface area contributed by atoms with Crippen LogP contribution in [0.3, 0.4) is 0 Å². The van der Waals surface area contributed by atoms with Crippen LogP contribution in [0.25, 0.3) is 10.9 Å². The van der Waals surface area contributed by atoms with Crippen LogP contribution >= 0.6 is 0 Å². The van der Waals surface area contributed by atoms with E-state index in [0.717, 1.165) is 37.9 Å². The van der Waals surface area contributed by atoms with Crippen molar-refractivity contribution in [1.29, 1.82) is 0 Å². The molecule has 0 unspecified atom stereocenters. The lowest BCUT2D eigenvalue weighted by Gasteiger charge is -2.32. The molecule has 5 nitrogen and oxygen atoms in total. The number of aromatic nitrogens is 3. The van der Waals surface area contributed by atoms with Gasteiger partial charge in [-0.2, -0.15) is 10.2 Å². The molecule has 0 N–H and O–H groups in total. The zero-order valence-electron chi connectivity index (χ0n) is 14.0. The standard InChI is InChI=1S/C20H20N4O/c25-20(17-6-10-22-23-14-17)24-11-7-15(8-12-24)13-16-3-1-5-19-18(16)4-2-9-21-19/h1-6,9-10,14-15H,7-8,11-13H2. The van der Waals surface area contributed by atoms with Crippen LogP contribution in [-0.2, 0) is 6.42 Å². The van der Waals surface area contributed by atoms with E-state index in [2.05, 4.69) is 39.4 Å². The molecular formula is C20H20N4O. The van der Waals surface area contributed by atoms with E-state index in [-0.39, 0.29) is 5.91 Å². The summed E-state index contributed by atoms with van der Waals surface area (Å²) in [7, 11) is 0. The lowest BCUT2D eigenvalue weighted by atomic mass is 9.88. The Labute approximate surface area is 146 Å². The molecule has 4 rings (SSSR count). The summed E-state index contributed by atoms with van der Waals surface area (Å²) in [6.07, 6.45) is 8.04. The number of nitrogens with zero attached hydrogens (tertiary/aromatic N) is 4. The third-order valence-corrected chi connectivity index (χ3v) is 4.98. The Morgan fingerprint density at radius 1 is 1.04 bits per heavy atom. The molecule has 1 aliphatic rings. The van der Waals surface area contributed by atoms with Crippen molar-refractivity contribution in [2.24, 2.45) is 5.92 Å². The van der Waals surface area contributed by atoms with Gasteiger partial charge in [-0.1, -0.05) is 18.2 Å². The number of hydrogen-bond acceptors (Lipinski definition) is 4. The zero-order valence-corrected chi connectivity index (χ0v) is 14.0. The summed E-state index contributed by atoms with van der Waals surface area (Å²) < 4.78 is 0. The highest BCUT2D eigenvalue weighted by atomic mass is 16.2. The second-order valence-corrected chi connectivity index (χ2v) is 6.56. The number of hydrogen-bond donors (Lipinski definition) is 0. The molecule has 3 aromatic rings. The van der Waals surface area contributed by atoms with E-state index in [4.69, 9.17) is 0 Å². The topological polar surface area (TPSA) is 59.0 Å².